The van der Waals surface area contributed by atoms with Gasteiger partial charge in [0.05, 0.1) is 31.1 Å². The molecule has 2 N–H and O–H groups in total. The van der Waals surface area contributed by atoms with Crippen LogP contribution in [0.2, 0.25) is 0 Å². The molecule has 6 nitrogen and oxygen atoms in total. The van der Waals surface area contributed by atoms with Gasteiger partial charge in [-0.2, -0.15) is 0 Å². The highest BCUT2D eigenvalue weighted by Gasteiger charge is 2.10. The molecule has 0 bridgehead atoms. The molecule has 0 spiro atoms. The Hall–Kier alpha value is -0.980. The van der Waals surface area contributed by atoms with E-state index in [4.69, 9.17) is 15.2 Å². The molecule has 0 saturated heterocycles. The second-order valence-electron chi connectivity index (χ2n) is 3.28. The molecule has 1 unspecified atom stereocenters. The first-order valence-electron chi connectivity index (χ1n) is 4.92. The second-order valence-corrected chi connectivity index (χ2v) is 3.28. The average Bonchev–Trinajstić information content (AvgIpc) is 2.64. The van der Waals surface area contributed by atoms with Crippen LogP contribution in [0.4, 0.5) is 0 Å². The lowest BCUT2D eigenvalue weighted by molar-refractivity contribution is 0.0669. The zero-order valence-corrected chi connectivity index (χ0v) is 9.22. The van der Waals surface area contributed by atoms with Crippen LogP contribution in [-0.2, 0) is 16.5 Å². The Labute approximate surface area is 89.3 Å². The van der Waals surface area contributed by atoms with Crippen LogP contribution >= 0.6 is 0 Å². The second kappa shape index (κ2) is 6.49. The standard InChI is InChI=1S/C9H18N4O2/c1-13-9(7-11-12-13)8(10)3-4-15-6-5-14-2/h7-8H,3-6,10H2,1-2H3. The summed E-state index contributed by atoms with van der Waals surface area (Å²) < 4.78 is 11.9. The largest absolute Gasteiger partial charge is 0.382 e. The van der Waals surface area contributed by atoms with Crippen molar-refractivity contribution in [3.05, 3.63) is 11.9 Å². The first-order chi connectivity index (χ1) is 7.25. The minimum absolute atomic E-state index is 0.0763. The van der Waals surface area contributed by atoms with Crippen LogP contribution in [0, 0.1) is 0 Å². The predicted octanol–water partition coefficient (Wildman–Crippen LogP) is -0.132. The molecule has 0 aliphatic carbocycles. The van der Waals surface area contributed by atoms with Crippen LogP contribution in [0.25, 0.3) is 0 Å². The van der Waals surface area contributed by atoms with Gasteiger partial charge in [0.1, 0.15) is 0 Å². The van der Waals surface area contributed by atoms with Crippen molar-refractivity contribution < 1.29 is 9.47 Å². The molecule has 86 valence electrons. The van der Waals surface area contributed by atoms with Crippen LogP contribution in [0.15, 0.2) is 6.20 Å². The van der Waals surface area contributed by atoms with Gasteiger partial charge >= 0.3 is 0 Å². The fourth-order valence-electron chi connectivity index (χ4n) is 1.24. The van der Waals surface area contributed by atoms with Crippen LogP contribution in [0.3, 0.4) is 0 Å². The molecule has 0 radical (unpaired) electrons. The molecule has 0 aliphatic rings. The molecule has 1 heterocycles. The van der Waals surface area contributed by atoms with Crippen molar-refractivity contribution in [2.24, 2.45) is 12.8 Å². The van der Waals surface area contributed by atoms with Crippen molar-refractivity contribution >= 4 is 0 Å². The number of nitrogens with two attached hydrogens (primary N) is 1. The molecule has 0 fully saturated rings. The van der Waals surface area contributed by atoms with Gasteiger partial charge in [0.2, 0.25) is 0 Å². The normalized spacial score (nSPS) is 13.0. The Kier molecular flexibility index (Phi) is 5.23. The molecule has 15 heavy (non-hydrogen) atoms. The number of hydrogen-bond acceptors (Lipinski definition) is 5. The Bertz CT molecular complexity index is 277. The Morgan fingerprint density at radius 1 is 1.47 bits per heavy atom. The van der Waals surface area contributed by atoms with Gasteiger partial charge in [0.15, 0.2) is 0 Å². The molecule has 0 aliphatic heterocycles. The summed E-state index contributed by atoms with van der Waals surface area (Å²) in [7, 11) is 3.48. The van der Waals surface area contributed by atoms with E-state index in [0.717, 1.165) is 12.1 Å². The summed E-state index contributed by atoms with van der Waals surface area (Å²) in [5.74, 6) is 0. The minimum atomic E-state index is -0.0763. The summed E-state index contributed by atoms with van der Waals surface area (Å²) in [5.41, 5.74) is 6.86. The van der Waals surface area contributed by atoms with Crippen molar-refractivity contribution in [2.45, 2.75) is 12.5 Å². The van der Waals surface area contributed by atoms with Gasteiger partial charge < -0.3 is 15.2 Å². The maximum atomic E-state index is 5.94. The quantitative estimate of drug-likeness (QED) is 0.640. The third-order valence-electron chi connectivity index (χ3n) is 2.13. The van der Waals surface area contributed by atoms with E-state index in [-0.39, 0.29) is 6.04 Å². The van der Waals surface area contributed by atoms with Gasteiger partial charge in [-0.05, 0) is 6.42 Å². The fourth-order valence-corrected chi connectivity index (χ4v) is 1.24. The molecule has 1 atom stereocenters. The zero-order valence-electron chi connectivity index (χ0n) is 9.22. The van der Waals surface area contributed by atoms with E-state index in [9.17, 15) is 0 Å². The lowest BCUT2D eigenvalue weighted by Crippen LogP contribution is -2.17. The van der Waals surface area contributed by atoms with Gasteiger partial charge in [-0.3, -0.25) is 4.68 Å². The van der Waals surface area contributed by atoms with Crippen molar-refractivity contribution in [1.29, 1.82) is 0 Å². The van der Waals surface area contributed by atoms with Crippen molar-refractivity contribution in [3.8, 4) is 0 Å². The summed E-state index contributed by atoms with van der Waals surface area (Å²) >= 11 is 0. The molecule has 0 amide bonds. The maximum Gasteiger partial charge on any atom is 0.0751 e. The lowest BCUT2D eigenvalue weighted by atomic mass is 10.2. The van der Waals surface area contributed by atoms with Crippen LogP contribution < -0.4 is 5.73 Å². The number of aromatic nitrogens is 3. The Balaban J connectivity index is 2.19. The number of nitrogens with zero attached hydrogens (tertiary/aromatic N) is 3. The third-order valence-corrected chi connectivity index (χ3v) is 2.13. The first-order valence-corrected chi connectivity index (χ1v) is 4.92. The number of ether oxygens (including phenoxy) is 2. The van der Waals surface area contributed by atoms with Crippen molar-refractivity contribution in [1.82, 2.24) is 15.0 Å². The summed E-state index contributed by atoms with van der Waals surface area (Å²) in [5, 5.41) is 7.59. The van der Waals surface area contributed by atoms with Crippen molar-refractivity contribution in [2.75, 3.05) is 26.9 Å². The smallest absolute Gasteiger partial charge is 0.0751 e. The van der Waals surface area contributed by atoms with Gasteiger partial charge in [0, 0.05) is 20.8 Å². The Morgan fingerprint density at radius 3 is 2.87 bits per heavy atom. The van der Waals surface area contributed by atoms with E-state index in [1.807, 2.05) is 7.05 Å². The van der Waals surface area contributed by atoms with Gasteiger partial charge in [-0.15, -0.1) is 5.10 Å². The molecule has 6 heteroatoms. The SMILES string of the molecule is COCCOCCC(N)c1cnnn1C. The molecular weight excluding hydrogens is 196 g/mol. The van der Waals surface area contributed by atoms with E-state index in [1.165, 1.54) is 0 Å². The molecule has 0 saturated carbocycles. The Morgan fingerprint density at radius 2 is 2.27 bits per heavy atom. The maximum absolute atomic E-state index is 5.94. The molecule has 1 rings (SSSR count). The van der Waals surface area contributed by atoms with E-state index < -0.39 is 0 Å². The topological polar surface area (TPSA) is 75.2 Å². The molecule has 0 aromatic carbocycles. The van der Waals surface area contributed by atoms with Gasteiger partial charge in [-0.1, -0.05) is 5.21 Å². The highest BCUT2D eigenvalue weighted by molar-refractivity contribution is 5.00. The van der Waals surface area contributed by atoms with E-state index in [0.29, 0.717) is 19.8 Å². The third kappa shape index (κ3) is 3.94. The summed E-state index contributed by atoms with van der Waals surface area (Å²) in [6.07, 6.45) is 2.44. The monoisotopic (exact) mass is 214 g/mol. The molecule has 1 aromatic heterocycles. The minimum Gasteiger partial charge on any atom is -0.382 e. The van der Waals surface area contributed by atoms with Crippen LogP contribution in [0.1, 0.15) is 18.2 Å². The van der Waals surface area contributed by atoms with Crippen molar-refractivity contribution in [3.63, 3.8) is 0 Å². The highest BCUT2D eigenvalue weighted by Crippen LogP contribution is 2.10. The number of rotatable bonds is 7. The van der Waals surface area contributed by atoms with Crippen LogP contribution in [-0.4, -0.2) is 41.9 Å². The zero-order chi connectivity index (χ0) is 11.1. The van der Waals surface area contributed by atoms with Crippen LogP contribution in [0.5, 0.6) is 0 Å². The summed E-state index contributed by atoms with van der Waals surface area (Å²) in [6.45, 7) is 1.84. The van der Waals surface area contributed by atoms with Gasteiger partial charge in [0.25, 0.3) is 0 Å². The lowest BCUT2D eigenvalue weighted by Gasteiger charge is -2.11. The number of hydrogen-bond donors (Lipinski definition) is 1. The number of methoxy groups -OCH3 is 1. The first kappa shape index (κ1) is 12.1. The number of aryl methyl sites for hydroxylation is 1. The summed E-state index contributed by atoms with van der Waals surface area (Å²) in [4.78, 5) is 0. The molecule has 1 aromatic rings. The summed E-state index contributed by atoms with van der Waals surface area (Å²) in [6, 6.07) is -0.0763. The predicted molar refractivity (Wildman–Crippen MR) is 55.2 cm³/mol. The average molecular weight is 214 g/mol. The molecular formula is C9H18N4O2. The van der Waals surface area contributed by atoms with E-state index in [2.05, 4.69) is 10.3 Å². The fraction of sp³-hybridized carbons (Fsp3) is 0.778. The van der Waals surface area contributed by atoms with Gasteiger partial charge in [-0.25, -0.2) is 0 Å². The van der Waals surface area contributed by atoms with E-state index >= 15 is 0 Å². The van der Waals surface area contributed by atoms with E-state index in [1.54, 1.807) is 18.0 Å². The highest BCUT2D eigenvalue weighted by atomic mass is 16.5.